The summed E-state index contributed by atoms with van der Waals surface area (Å²) in [6.07, 6.45) is 0. The summed E-state index contributed by atoms with van der Waals surface area (Å²) in [6, 6.07) is 12.8. The van der Waals surface area contributed by atoms with Crippen molar-refractivity contribution in [3.05, 3.63) is 57.5 Å². The van der Waals surface area contributed by atoms with Crippen LogP contribution >= 0.6 is 46.9 Å². The van der Waals surface area contributed by atoms with E-state index in [-0.39, 0.29) is 16.6 Å². The van der Waals surface area contributed by atoms with E-state index in [9.17, 15) is 13.2 Å². The van der Waals surface area contributed by atoms with Crippen molar-refractivity contribution in [1.82, 2.24) is 9.78 Å². The minimum atomic E-state index is -3.83. The first-order valence-corrected chi connectivity index (χ1v) is 11.8. The number of hydrogen-bond acceptors (Lipinski definition) is 7. The maximum Gasteiger partial charge on any atom is 0.238 e. The number of benzene rings is 2. The summed E-state index contributed by atoms with van der Waals surface area (Å²) in [7, 11) is -3.83. The SMILES string of the molecule is NS(=O)(=O)c1cccc(NC(=O)CSc2nn(-c3ccc(Cl)cc3)c(=S)s2)c1. The van der Waals surface area contributed by atoms with Crippen LogP contribution in [0.5, 0.6) is 0 Å². The van der Waals surface area contributed by atoms with Gasteiger partial charge in [-0.05, 0) is 54.7 Å². The summed E-state index contributed by atoms with van der Waals surface area (Å²) >= 11 is 13.7. The largest absolute Gasteiger partial charge is 0.325 e. The molecular weight excluding hydrogens is 460 g/mol. The quantitative estimate of drug-likeness (QED) is 0.418. The van der Waals surface area contributed by atoms with Crippen molar-refractivity contribution < 1.29 is 13.2 Å². The monoisotopic (exact) mass is 472 g/mol. The Morgan fingerprint density at radius 2 is 2.00 bits per heavy atom. The number of primary sulfonamides is 1. The van der Waals surface area contributed by atoms with Crippen LogP contribution in [-0.4, -0.2) is 29.9 Å². The highest BCUT2D eigenvalue weighted by Crippen LogP contribution is 2.25. The molecule has 2 aromatic carbocycles. The predicted molar refractivity (Wildman–Crippen MR) is 114 cm³/mol. The van der Waals surface area contributed by atoms with Crippen molar-refractivity contribution >= 4 is 68.5 Å². The van der Waals surface area contributed by atoms with Gasteiger partial charge in [0.05, 0.1) is 16.3 Å². The number of nitrogens with two attached hydrogens (primary N) is 1. The Bertz CT molecular complexity index is 1170. The molecule has 1 amide bonds. The van der Waals surface area contributed by atoms with E-state index in [1.54, 1.807) is 35.0 Å². The lowest BCUT2D eigenvalue weighted by molar-refractivity contribution is -0.113. The highest BCUT2D eigenvalue weighted by molar-refractivity contribution is 8.01. The van der Waals surface area contributed by atoms with Crippen LogP contribution in [0.3, 0.4) is 0 Å². The second kappa shape index (κ2) is 8.72. The van der Waals surface area contributed by atoms with E-state index in [1.807, 2.05) is 0 Å². The smallest absolute Gasteiger partial charge is 0.238 e. The molecule has 146 valence electrons. The first kappa shape index (κ1) is 21.0. The van der Waals surface area contributed by atoms with Crippen molar-refractivity contribution in [2.45, 2.75) is 9.24 Å². The van der Waals surface area contributed by atoms with Crippen LogP contribution < -0.4 is 10.5 Å². The molecule has 0 spiro atoms. The summed E-state index contributed by atoms with van der Waals surface area (Å²) in [5.41, 5.74) is 1.12. The van der Waals surface area contributed by atoms with E-state index in [0.717, 1.165) is 5.69 Å². The molecule has 0 aliphatic heterocycles. The minimum Gasteiger partial charge on any atom is -0.325 e. The standard InChI is InChI=1S/C16H13ClN4O3S4/c17-10-4-6-12(7-5-10)21-16(25)27-15(20-21)26-9-14(22)19-11-2-1-3-13(8-11)28(18,23)24/h1-8H,9H2,(H,19,22)(H2,18,23,24). The van der Waals surface area contributed by atoms with Gasteiger partial charge in [-0.1, -0.05) is 40.8 Å². The molecule has 0 fully saturated rings. The van der Waals surface area contributed by atoms with Crippen LogP contribution in [0.2, 0.25) is 5.02 Å². The van der Waals surface area contributed by atoms with E-state index in [1.165, 1.54) is 41.3 Å². The van der Waals surface area contributed by atoms with Crippen molar-refractivity contribution in [1.29, 1.82) is 0 Å². The molecule has 3 rings (SSSR count). The number of anilines is 1. The molecule has 3 N–H and O–H groups in total. The average Bonchev–Trinajstić information content (AvgIpc) is 3.01. The summed E-state index contributed by atoms with van der Waals surface area (Å²) in [4.78, 5) is 12.1. The number of halogens is 1. The molecule has 1 heterocycles. The third-order valence-electron chi connectivity index (χ3n) is 3.37. The molecule has 0 unspecified atom stereocenters. The minimum absolute atomic E-state index is 0.0716. The lowest BCUT2D eigenvalue weighted by Crippen LogP contribution is -2.16. The first-order chi connectivity index (χ1) is 13.2. The Kier molecular flexibility index (Phi) is 6.53. The molecular formula is C16H13ClN4O3S4. The summed E-state index contributed by atoms with van der Waals surface area (Å²) in [6.45, 7) is 0. The molecule has 0 aliphatic rings. The number of aromatic nitrogens is 2. The first-order valence-electron chi connectivity index (χ1n) is 7.64. The maximum absolute atomic E-state index is 12.2. The maximum atomic E-state index is 12.2. The van der Waals surface area contributed by atoms with Crippen LogP contribution in [0.1, 0.15) is 0 Å². The van der Waals surface area contributed by atoms with E-state index >= 15 is 0 Å². The second-order valence-electron chi connectivity index (χ2n) is 5.43. The number of rotatable bonds is 6. The Morgan fingerprint density at radius 1 is 1.29 bits per heavy atom. The van der Waals surface area contributed by atoms with Crippen molar-refractivity contribution in [2.24, 2.45) is 5.14 Å². The Hall–Kier alpha value is -1.76. The van der Waals surface area contributed by atoms with Crippen LogP contribution in [0.15, 0.2) is 57.8 Å². The van der Waals surface area contributed by atoms with Gasteiger partial charge >= 0.3 is 0 Å². The number of nitrogens with zero attached hydrogens (tertiary/aromatic N) is 2. The normalized spacial score (nSPS) is 11.4. The Morgan fingerprint density at radius 3 is 2.68 bits per heavy atom. The predicted octanol–water partition coefficient (Wildman–Crippen LogP) is 3.69. The fraction of sp³-hybridized carbons (Fsp3) is 0.0625. The van der Waals surface area contributed by atoms with Gasteiger partial charge in [-0.15, -0.1) is 5.10 Å². The molecule has 28 heavy (non-hydrogen) atoms. The summed E-state index contributed by atoms with van der Waals surface area (Å²) < 4.78 is 25.6. The molecule has 0 radical (unpaired) electrons. The lowest BCUT2D eigenvalue weighted by atomic mass is 10.3. The molecule has 0 aliphatic carbocycles. The number of sulfonamides is 1. The zero-order valence-electron chi connectivity index (χ0n) is 14.0. The summed E-state index contributed by atoms with van der Waals surface area (Å²) in [5, 5.41) is 12.8. The van der Waals surface area contributed by atoms with Crippen molar-refractivity contribution in [3.8, 4) is 5.69 Å². The number of thioether (sulfide) groups is 1. The zero-order chi connectivity index (χ0) is 20.3. The van der Waals surface area contributed by atoms with Crippen LogP contribution in [0, 0.1) is 3.95 Å². The van der Waals surface area contributed by atoms with Crippen LogP contribution in [0.4, 0.5) is 5.69 Å². The fourth-order valence-electron chi connectivity index (χ4n) is 2.14. The van der Waals surface area contributed by atoms with Gasteiger partial charge in [-0.2, -0.15) is 0 Å². The summed E-state index contributed by atoms with van der Waals surface area (Å²) in [5.74, 6) is -0.224. The van der Waals surface area contributed by atoms with Gasteiger partial charge in [0.25, 0.3) is 0 Å². The molecule has 3 aromatic rings. The van der Waals surface area contributed by atoms with Gasteiger partial charge < -0.3 is 5.32 Å². The second-order valence-corrected chi connectivity index (χ2v) is 10.3. The molecule has 0 atom stereocenters. The molecule has 7 nitrogen and oxygen atoms in total. The molecule has 1 aromatic heterocycles. The number of carbonyl (C=O) groups is 1. The Balaban J connectivity index is 1.65. The van der Waals surface area contributed by atoms with Gasteiger partial charge in [0.2, 0.25) is 15.9 Å². The third-order valence-corrected chi connectivity index (χ3v) is 6.90. The molecule has 0 bridgehead atoms. The van der Waals surface area contributed by atoms with Gasteiger partial charge in [-0.25, -0.2) is 18.2 Å². The van der Waals surface area contributed by atoms with E-state index in [4.69, 9.17) is 29.0 Å². The van der Waals surface area contributed by atoms with E-state index < -0.39 is 10.0 Å². The molecule has 0 saturated heterocycles. The van der Waals surface area contributed by atoms with Crippen LogP contribution in [0.25, 0.3) is 5.69 Å². The highest BCUT2D eigenvalue weighted by atomic mass is 35.5. The van der Waals surface area contributed by atoms with E-state index in [2.05, 4.69) is 10.4 Å². The van der Waals surface area contributed by atoms with Crippen molar-refractivity contribution in [2.75, 3.05) is 11.1 Å². The average molecular weight is 473 g/mol. The zero-order valence-corrected chi connectivity index (χ0v) is 18.1. The number of carbonyl (C=O) groups excluding carboxylic acids is 1. The van der Waals surface area contributed by atoms with Gasteiger partial charge in [0.15, 0.2) is 8.29 Å². The third kappa shape index (κ3) is 5.40. The molecule has 0 saturated carbocycles. The Labute approximate surface area is 179 Å². The van der Waals surface area contributed by atoms with Crippen LogP contribution in [-0.2, 0) is 14.8 Å². The van der Waals surface area contributed by atoms with Gasteiger partial charge in [0, 0.05) is 10.7 Å². The molecule has 12 heteroatoms. The number of nitrogens with one attached hydrogen (secondary N) is 1. The van der Waals surface area contributed by atoms with Gasteiger partial charge in [-0.3, -0.25) is 4.79 Å². The fourth-order valence-corrected chi connectivity index (χ4v) is 4.99. The lowest BCUT2D eigenvalue weighted by Gasteiger charge is -2.06. The van der Waals surface area contributed by atoms with Crippen molar-refractivity contribution in [3.63, 3.8) is 0 Å². The number of hydrogen-bond donors (Lipinski definition) is 2. The highest BCUT2D eigenvalue weighted by Gasteiger charge is 2.12. The van der Waals surface area contributed by atoms with E-state index in [0.29, 0.717) is 19.0 Å². The number of amides is 1. The topological polar surface area (TPSA) is 107 Å². The van der Waals surface area contributed by atoms with Gasteiger partial charge in [0.1, 0.15) is 0 Å².